The summed E-state index contributed by atoms with van der Waals surface area (Å²) in [4.78, 5) is 16.0. The summed E-state index contributed by atoms with van der Waals surface area (Å²) in [6.45, 7) is 2.67. The quantitative estimate of drug-likeness (QED) is 0.876. The van der Waals surface area contributed by atoms with Gasteiger partial charge in [0.25, 0.3) is 5.91 Å². The Morgan fingerprint density at radius 1 is 1.25 bits per heavy atom. The van der Waals surface area contributed by atoms with E-state index in [0.29, 0.717) is 12.2 Å². The molecule has 2 rings (SSSR count). The fourth-order valence-electron chi connectivity index (χ4n) is 1.99. The predicted octanol–water partition coefficient (Wildman–Crippen LogP) is 2.40. The first-order chi connectivity index (χ1) is 9.69. The molecule has 104 valence electrons. The molecule has 0 bridgehead atoms. The monoisotopic (exact) mass is 269 g/mol. The maximum absolute atomic E-state index is 12.0. The average Bonchev–Trinajstić information content (AvgIpc) is 2.47. The molecule has 0 saturated heterocycles. The largest absolute Gasteiger partial charge is 0.388 e. The van der Waals surface area contributed by atoms with Crippen molar-refractivity contribution >= 4 is 11.6 Å². The van der Waals surface area contributed by atoms with Gasteiger partial charge in [-0.05, 0) is 31.0 Å². The van der Waals surface area contributed by atoms with E-state index in [4.69, 9.17) is 0 Å². The minimum Gasteiger partial charge on any atom is -0.388 e. The van der Waals surface area contributed by atoms with Gasteiger partial charge in [0.2, 0.25) is 0 Å². The Bertz CT molecular complexity index is 596. The lowest BCUT2D eigenvalue weighted by Crippen LogP contribution is -2.26. The van der Waals surface area contributed by atoms with Gasteiger partial charge in [-0.15, -0.1) is 0 Å². The van der Waals surface area contributed by atoms with E-state index in [9.17, 15) is 4.79 Å². The number of carbonyl (C=O) groups is 1. The third-order valence-corrected chi connectivity index (χ3v) is 3.06. The summed E-state index contributed by atoms with van der Waals surface area (Å²) in [5, 5.41) is 5.88. The molecule has 0 unspecified atom stereocenters. The van der Waals surface area contributed by atoms with Crippen molar-refractivity contribution < 1.29 is 4.79 Å². The normalized spacial score (nSPS) is 10.1. The third kappa shape index (κ3) is 3.82. The van der Waals surface area contributed by atoms with Crippen molar-refractivity contribution in [2.24, 2.45) is 0 Å². The van der Waals surface area contributed by atoms with Crippen LogP contribution in [0.15, 0.2) is 42.6 Å². The van der Waals surface area contributed by atoms with E-state index in [1.165, 1.54) is 11.1 Å². The Morgan fingerprint density at radius 2 is 2.10 bits per heavy atom. The van der Waals surface area contributed by atoms with Gasteiger partial charge in [-0.3, -0.25) is 9.78 Å². The highest BCUT2D eigenvalue weighted by molar-refractivity contribution is 5.93. The molecule has 0 aliphatic rings. The molecule has 1 aromatic carbocycles. The van der Waals surface area contributed by atoms with Crippen molar-refractivity contribution in [3.63, 3.8) is 0 Å². The average molecular weight is 269 g/mol. The number of benzene rings is 1. The summed E-state index contributed by atoms with van der Waals surface area (Å²) in [5.74, 6) is -0.144. The first kappa shape index (κ1) is 14.1. The van der Waals surface area contributed by atoms with Gasteiger partial charge in [-0.1, -0.05) is 29.8 Å². The zero-order valence-electron chi connectivity index (χ0n) is 11.8. The van der Waals surface area contributed by atoms with Crippen molar-refractivity contribution in [1.29, 1.82) is 0 Å². The van der Waals surface area contributed by atoms with Gasteiger partial charge in [0.15, 0.2) is 0 Å². The molecule has 0 fully saturated rings. The summed E-state index contributed by atoms with van der Waals surface area (Å²) in [5.41, 5.74) is 3.77. The SMILES string of the molecule is CNc1ccnc(C(=O)NCCc2cccc(C)c2)c1. The van der Waals surface area contributed by atoms with Crippen molar-refractivity contribution in [3.05, 3.63) is 59.4 Å². The molecule has 0 aliphatic heterocycles. The minimum atomic E-state index is -0.144. The van der Waals surface area contributed by atoms with Crippen LogP contribution in [0.2, 0.25) is 0 Å². The molecule has 1 heterocycles. The lowest BCUT2D eigenvalue weighted by atomic mass is 10.1. The van der Waals surface area contributed by atoms with Crippen LogP contribution < -0.4 is 10.6 Å². The first-order valence-electron chi connectivity index (χ1n) is 6.66. The van der Waals surface area contributed by atoms with Crippen LogP contribution in [-0.2, 0) is 6.42 Å². The number of hydrogen-bond donors (Lipinski definition) is 2. The number of rotatable bonds is 5. The van der Waals surface area contributed by atoms with E-state index in [1.807, 2.05) is 19.2 Å². The van der Waals surface area contributed by atoms with Crippen LogP contribution in [0.4, 0.5) is 5.69 Å². The zero-order valence-corrected chi connectivity index (χ0v) is 11.8. The molecule has 0 atom stereocenters. The van der Waals surface area contributed by atoms with Gasteiger partial charge in [-0.25, -0.2) is 0 Å². The molecule has 1 amide bonds. The fraction of sp³-hybridized carbons (Fsp3) is 0.250. The van der Waals surface area contributed by atoms with Crippen LogP contribution in [0.3, 0.4) is 0 Å². The molecule has 0 spiro atoms. The number of hydrogen-bond acceptors (Lipinski definition) is 3. The lowest BCUT2D eigenvalue weighted by molar-refractivity contribution is 0.0949. The number of nitrogens with zero attached hydrogens (tertiary/aromatic N) is 1. The number of pyridine rings is 1. The van der Waals surface area contributed by atoms with Gasteiger partial charge in [0.1, 0.15) is 5.69 Å². The topological polar surface area (TPSA) is 54.0 Å². The van der Waals surface area contributed by atoms with Gasteiger partial charge in [0, 0.05) is 25.5 Å². The highest BCUT2D eigenvalue weighted by Gasteiger charge is 2.06. The molecule has 2 aromatic rings. The van der Waals surface area contributed by atoms with Crippen LogP contribution in [0.1, 0.15) is 21.6 Å². The molecular weight excluding hydrogens is 250 g/mol. The number of carbonyl (C=O) groups excluding carboxylic acids is 1. The molecule has 4 nitrogen and oxygen atoms in total. The first-order valence-corrected chi connectivity index (χ1v) is 6.66. The zero-order chi connectivity index (χ0) is 14.4. The highest BCUT2D eigenvalue weighted by atomic mass is 16.1. The minimum absolute atomic E-state index is 0.144. The van der Waals surface area contributed by atoms with Crippen molar-refractivity contribution in [2.45, 2.75) is 13.3 Å². The number of nitrogens with one attached hydrogen (secondary N) is 2. The standard InChI is InChI=1S/C16H19N3O/c1-12-4-3-5-13(10-12)6-8-19-16(20)15-11-14(17-2)7-9-18-15/h3-5,7,9-11H,6,8H2,1-2H3,(H,17,18)(H,19,20). The number of aryl methyl sites for hydroxylation is 1. The Hall–Kier alpha value is -2.36. The van der Waals surface area contributed by atoms with Gasteiger partial charge >= 0.3 is 0 Å². The van der Waals surface area contributed by atoms with E-state index < -0.39 is 0 Å². The van der Waals surface area contributed by atoms with E-state index >= 15 is 0 Å². The van der Waals surface area contributed by atoms with Crippen LogP contribution in [0.5, 0.6) is 0 Å². The van der Waals surface area contributed by atoms with E-state index in [2.05, 4.69) is 40.7 Å². The predicted molar refractivity (Wildman–Crippen MR) is 81.0 cm³/mol. The number of anilines is 1. The molecule has 4 heteroatoms. The smallest absolute Gasteiger partial charge is 0.269 e. The van der Waals surface area contributed by atoms with Crippen molar-refractivity contribution in [3.8, 4) is 0 Å². The molecule has 1 aromatic heterocycles. The summed E-state index contributed by atoms with van der Waals surface area (Å²) < 4.78 is 0. The second-order valence-electron chi connectivity index (χ2n) is 4.67. The van der Waals surface area contributed by atoms with E-state index in [0.717, 1.165) is 12.1 Å². The molecule has 2 N–H and O–H groups in total. The van der Waals surface area contributed by atoms with Gasteiger partial charge in [-0.2, -0.15) is 0 Å². The number of amides is 1. The molecule has 0 saturated carbocycles. The van der Waals surface area contributed by atoms with Crippen LogP contribution in [-0.4, -0.2) is 24.5 Å². The van der Waals surface area contributed by atoms with Gasteiger partial charge in [0.05, 0.1) is 0 Å². The lowest BCUT2D eigenvalue weighted by Gasteiger charge is -2.06. The van der Waals surface area contributed by atoms with E-state index in [-0.39, 0.29) is 5.91 Å². The summed E-state index contributed by atoms with van der Waals surface area (Å²) in [7, 11) is 1.81. The summed E-state index contributed by atoms with van der Waals surface area (Å²) >= 11 is 0. The van der Waals surface area contributed by atoms with Gasteiger partial charge < -0.3 is 10.6 Å². The Labute approximate surface area is 119 Å². The number of aromatic nitrogens is 1. The summed E-state index contributed by atoms with van der Waals surface area (Å²) in [6, 6.07) is 11.9. The summed E-state index contributed by atoms with van der Waals surface area (Å²) in [6.07, 6.45) is 2.44. The molecular formula is C16H19N3O. The molecule has 20 heavy (non-hydrogen) atoms. The Morgan fingerprint density at radius 3 is 2.85 bits per heavy atom. The maximum atomic E-state index is 12.0. The molecule has 0 radical (unpaired) electrons. The van der Waals surface area contributed by atoms with Crippen LogP contribution >= 0.6 is 0 Å². The van der Waals surface area contributed by atoms with E-state index in [1.54, 1.807) is 12.3 Å². The Kier molecular flexibility index (Phi) is 4.71. The fourth-order valence-corrected chi connectivity index (χ4v) is 1.99. The van der Waals surface area contributed by atoms with Crippen LogP contribution in [0.25, 0.3) is 0 Å². The van der Waals surface area contributed by atoms with Crippen molar-refractivity contribution in [1.82, 2.24) is 10.3 Å². The second kappa shape index (κ2) is 6.70. The highest BCUT2D eigenvalue weighted by Crippen LogP contribution is 2.07. The van der Waals surface area contributed by atoms with Crippen molar-refractivity contribution in [2.75, 3.05) is 18.9 Å². The molecule has 0 aliphatic carbocycles. The second-order valence-corrected chi connectivity index (χ2v) is 4.67. The Balaban J connectivity index is 1.89. The van der Waals surface area contributed by atoms with Crippen LogP contribution in [0, 0.1) is 6.92 Å². The third-order valence-electron chi connectivity index (χ3n) is 3.06. The maximum Gasteiger partial charge on any atom is 0.269 e.